The Morgan fingerprint density at radius 3 is 2.62 bits per heavy atom. The molecule has 7 heteroatoms. The van der Waals surface area contributed by atoms with E-state index in [0.29, 0.717) is 18.4 Å². The lowest BCUT2D eigenvalue weighted by Gasteiger charge is -2.31. The van der Waals surface area contributed by atoms with Crippen LogP contribution in [0.5, 0.6) is 0 Å². The highest BCUT2D eigenvalue weighted by atomic mass is 32.1. The number of piperidine rings is 1. The van der Waals surface area contributed by atoms with E-state index < -0.39 is 0 Å². The normalized spacial score (nSPS) is 15.3. The minimum Gasteiger partial charge on any atom is -0.346 e. The molecular formula is C32H37N5OS. The summed E-state index contributed by atoms with van der Waals surface area (Å²) in [5, 5.41) is 5.79. The first-order valence-corrected chi connectivity index (χ1v) is 14.8. The summed E-state index contributed by atoms with van der Waals surface area (Å²) in [5.41, 5.74) is 11.2. The first-order valence-electron chi connectivity index (χ1n) is 14.0. The number of thiophene rings is 1. The number of aryl methyl sites for hydroxylation is 2. The lowest BCUT2D eigenvalue weighted by atomic mass is 9.88. The summed E-state index contributed by atoms with van der Waals surface area (Å²) in [6.07, 6.45) is 5.96. The van der Waals surface area contributed by atoms with Crippen LogP contribution in [-0.2, 0) is 4.79 Å². The maximum absolute atomic E-state index is 11.5. The average Bonchev–Trinajstić information content (AvgIpc) is 3.61. The molecular weight excluding hydrogens is 502 g/mol. The third-order valence-corrected chi connectivity index (χ3v) is 9.81. The third-order valence-electron chi connectivity index (χ3n) is 8.55. The zero-order valence-electron chi connectivity index (χ0n) is 23.8. The number of rotatable bonds is 6. The van der Waals surface area contributed by atoms with E-state index in [1.54, 1.807) is 13.3 Å². The van der Waals surface area contributed by atoms with Gasteiger partial charge in [0.15, 0.2) is 5.65 Å². The van der Waals surface area contributed by atoms with E-state index in [0.717, 1.165) is 31.6 Å². The fourth-order valence-electron chi connectivity index (χ4n) is 6.42. The van der Waals surface area contributed by atoms with Crippen LogP contribution < -0.4 is 0 Å². The smallest absolute Gasteiger partial charge is 0.158 e. The number of pyridine rings is 1. The van der Waals surface area contributed by atoms with Gasteiger partial charge in [0.05, 0.1) is 12.2 Å². The van der Waals surface area contributed by atoms with Gasteiger partial charge in [-0.2, -0.15) is 5.10 Å². The van der Waals surface area contributed by atoms with E-state index in [1.165, 1.54) is 59.7 Å². The highest BCUT2D eigenvalue weighted by molar-refractivity contribution is 7.22. The lowest BCUT2D eigenvalue weighted by Crippen LogP contribution is -2.36. The van der Waals surface area contributed by atoms with Gasteiger partial charge in [0.1, 0.15) is 16.9 Å². The molecule has 6 nitrogen and oxygen atoms in total. The Labute approximate surface area is 234 Å². The highest BCUT2D eigenvalue weighted by Crippen LogP contribution is 2.46. The number of aromatic amines is 1. The molecule has 39 heavy (non-hydrogen) atoms. The monoisotopic (exact) mass is 539 g/mol. The molecule has 0 atom stereocenters. The number of aromatic nitrogens is 4. The minimum atomic E-state index is 0.257. The Bertz CT molecular complexity index is 1700. The first kappa shape index (κ1) is 26.0. The lowest BCUT2D eigenvalue weighted by molar-refractivity contribution is -0.118. The molecule has 6 rings (SSSR count). The summed E-state index contributed by atoms with van der Waals surface area (Å²) < 4.78 is 1.89. The molecule has 0 bridgehead atoms. The molecule has 0 saturated carbocycles. The van der Waals surface area contributed by atoms with E-state index in [2.05, 4.69) is 85.0 Å². The summed E-state index contributed by atoms with van der Waals surface area (Å²) >= 11 is 1.87. The molecule has 0 aliphatic carbocycles. The van der Waals surface area contributed by atoms with Gasteiger partial charge >= 0.3 is 0 Å². The van der Waals surface area contributed by atoms with Crippen LogP contribution in [0.25, 0.3) is 37.6 Å². The van der Waals surface area contributed by atoms with Crippen LogP contribution in [-0.4, -0.2) is 49.9 Å². The fraction of sp³-hybridized carbons (Fsp3) is 0.406. The molecule has 5 aromatic rings. The predicted molar refractivity (Wildman–Crippen MR) is 161 cm³/mol. The number of carbonyl (C=O) groups is 1. The molecule has 1 N–H and O–H groups in total. The molecule has 1 saturated heterocycles. The number of benzene rings is 1. The van der Waals surface area contributed by atoms with E-state index in [9.17, 15) is 4.79 Å². The van der Waals surface area contributed by atoms with E-state index in [1.807, 2.05) is 15.9 Å². The maximum Gasteiger partial charge on any atom is 0.158 e. The van der Waals surface area contributed by atoms with Crippen LogP contribution >= 0.6 is 11.3 Å². The van der Waals surface area contributed by atoms with Gasteiger partial charge in [-0.25, -0.2) is 9.50 Å². The Kier molecular flexibility index (Phi) is 6.68. The van der Waals surface area contributed by atoms with Gasteiger partial charge < -0.3 is 4.98 Å². The Morgan fingerprint density at radius 1 is 1.13 bits per heavy atom. The second-order valence-electron chi connectivity index (χ2n) is 11.5. The number of likely N-dealkylation sites (tertiary alicyclic amines) is 1. The molecule has 1 aliphatic heterocycles. The standard InChI is InChI=1S/C32H37N5OS/c1-18(2)27-28-22(6)30(25-9-7-8-24(14-25)23-10-12-36(13-11-23)15-19(3)38)39-32(28)35-29(27)26-16-37-31(33-17-34-37)21(5)20(26)4/h7-9,14,16-18,23,35H,10-13,15H2,1-6H3. The average molecular weight is 540 g/mol. The van der Waals surface area contributed by atoms with Crippen molar-refractivity contribution in [3.63, 3.8) is 0 Å². The van der Waals surface area contributed by atoms with Crippen LogP contribution in [0.15, 0.2) is 36.8 Å². The molecule has 1 aromatic carbocycles. The number of Topliss-reactive ketones (excluding diaryl/α,β-unsaturated/α-hetero) is 1. The van der Waals surface area contributed by atoms with Gasteiger partial charge in [0, 0.05) is 22.0 Å². The molecule has 0 spiro atoms. The quantitative estimate of drug-likeness (QED) is 0.244. The minimum absolute atomic E-state index is 0.257. The van der Waals surface area contributed by atoms with E-state index >= 15 is 0 Å². The van der Waals surface area contributed by atoms with Crippen molar-refractivity contribution in [3.05, 3.63) is 64.6 Å². The van der Waals surface area contributed by atoms with Crippen LogP contribution in [0.4, 0.5) is 0 Å². The fourth-order valence-corrected chi connectivity index (χ4v) is 7.65. The third kappa shape index (κ3) is 4.51. The topological polar surface area (TPSA) is 66.3 Å². The van der Waals surface area contributed by atoms with Crippen molar-refractivity contribution in [1.29, 1.82) is 0 Å². The Hall–Kier alpha value is -3.29. The number of H-pyrrole nitrogens is 1. The van der Waals surface area contributed by atoms with Crippen LogP contribution in [0.1, 0.15) is 73.3 Å². The second-order valence-corrected chi connectivity index (χ2v) is 12.5. The van der Waals surface area contributed by atoms with Crippen molar-refractivity contribution in [2.45, 2.75) is 66.2 Å². The Morgan fingerprint density at radius 2 is 1.90 bits per heavy atom. The van der Waals surface area contributed by atoms with Gasteiger partial charge in [0.2, 0.25) is 0 Å². The highest BCUT2D eigenvalue weighted by Gasteiger charge is 2.25. The van der Waals surface area contributed by atoms with Crippen LogP contribution in [0, 0.1) is 20.8 Å². The van der Waals surface area contributed by atoms with Crippen LogP contribution in [0.3, 0.4) is 0 Å². The van der Waals surface area contributed by atoms with Gasteiger partial charge in [-0.15, -0.1) is 11.3 Å². The number of nitrogens with zero attached hydrogens (tertiary/aromatic N) is 4. The molecule has 0 amide bonds. The number of carbonyl (C=O) groups excluding carboxylic acids is 1. The summed E-state index contributed by atoms with van der Waals surface area (Å²) in [4.78, 5) is 24.7. The van der Waals surface area contributed by atoms with Crippen molar-refractivity contribution in [3.8, 4) is 21.7 Å². The second kappa shape index (κ2) is 10.0. The van der Waals surface area contributed by atoms with Crippen molar-refractivity contribution >= 4 is 33.0 Å². The van der Waals surface area contributed by atoms with Gasteiger partial charge in [-0.3, -0.25) is 9.69 Å². The Balaban J connectivity index is 1.38. The van der Waals surface area contributed by atoms with Crippen molar-refractivity contribution < 1.29 is 4.79 Å². The van der Waals surface area contributed by atoms with E-state index in [-0.39, 0.29) is 5.78 Å². The number of ketones is 1. The zero-order valence-corrected chi connectivity index (χ0v) is 24.6. The zero-order chi connectivity index (χ0) is 27.4. The molecule has 0 radical (unpaired) electrons. The molecule has 202 valence electrons. The maximum atomic E-state index is 11.5. The SMILES string of the molecule is CC(=O)CN1CCC(c2cccc(-c3sc4[nH]c(-c5cn6ncnc6c(C)c5C)c(C(C)C)c4c3C)c2)CC1. The summed E-state index contributed by atoms with van der Waals surface area (Å²) in [6.45, 7) is 15.4. The van der Waals surface area contributed by atoms with Gasteiger partial charge in [-0.1, -0.05) is 38.1 Å². The van der Waals surface area contributed by atoms with E-state index in [4.69, 9.17) is 0 Å². The first-order chi connectivity index (χ1) is 18.7. The molecule has 5 heterocycles. The summed E-state index contributed by atoms with van der Waals surface area (Å²) in [6, 6.07) is 9.17. The predicted octanol–water partition coefficient (Wildman–Crippen LogP) is 7.42. The molecule has 1 aliphatic rings. The largest absolute Gasteiger partial charge is 0.346 e. The van der Waals surface area contributed by atoms with Gasteiger partial charge in [-0.05, 0) is 98.8 Å². The molecule has 0 unspecified atom stereocenters. The molecule has 4 aromatic heterocycles. The van der Waals surface area contributed by atoms with Crippen molar-refractivity contribution in [1.82, 2.24) is 24.5 Å². The summed E-state index contributed by atoms with van der Waals surface area (Å²) in [5.74, 6) is 1.18. The number of hydrogen-bond donors (Lipinski definition) is 1. The molecule has 1 fully saturated rings. The number of nitrogens with one attached hydrogen (secondary N) is 1. The number of fused-ring (bicyclic) bond motifs is 2. The van der Waals surface area contributed by atoms with Crippen molar-refractivity contribution in [2.75, 3.05) is 19.6 Å². The van der Waals surface area contributed by atoms with Gasteiger partial charge in [0.25, 0.3) is 0 Å². The van der Waals surface area contributed by atoms with Crippen LogP contribution in [0.2, 0.25) is 0 Å². The summed E-state index contributed by atoms with van der Waals surface area (Å²) in [7, 11) is 0. The number of hydrogen-bond acceptors (Lipinski definition) is 5. The van der Waals surface area contributed by atoms with Crippen molar-refractivity contribution in [2.24, 2.45) is 0 Å².